The zero-order valence-corrected chi connectivity index (χ0v) is 20.9. The van der Waals surface area contributed by atoms with E-state index in [9.17, 15) is 14.1 Å². The van der Waals surface area contributed by atoms with E-state index in [0.717, 1.165) is 29.7 Å². The van der Waals surface area contributed by atoms with E-state index in [-0.39, 0.29) is 0 Å². The fraction of sp³-hybridized carbons (Fsp3) is 0.250. The third kappa shape index (κ3) is 5.22. The number of halogens is 1. The molecular formula is C24H25ClN4O3S2. The summed E-state index contributed by atoms with van der Waals surface area (Å²) < 4.78 is 16.5. The number of benzene rings is 2. The lowest BCUT2D eigenvalue weighted by Crippen LogP contribution is -2.44. The Balaban J connectivity index is 1.74. The third-order valence-electron chi connectivity index (χ3n) is 5.48. The predicted molar refractivity (Wildman–Crippen MR) is 139 cm³/mol. The summed E-state index contributed by atoms with van der Waals surface area (Å²) in [5.41, 5.74) is 2.45. The first-order chi connectivity index (χ1) is 16.4. The van der Waals surface area contributed by atoms with Crippen molar-refractivity contribution >= 4 is 47.3 Å². The van der Waals surface area contributed by atoms with Crippen LogP contribution in [0.5, 0.6) is 0 Å². The van der Waals surface area contributed by atoms with Gasteiger partial charge in [0.2, 0.25) is 0 Å². The maximum Gasteiger partial charge on any atom is 0.322 e. The number of nitrogens with one attached hydrogen (secondary N) is 1. The zero-order chi connectivity index (χ0) is 24.2. The molecule has 34 heavy (non-hydrogen) atoms. The number of rotatable bonds is 8. The van der Waals surface area contributed by atoms with Crippen molar-refractivity contribution in [1.82, 2.24) is 19.4 Å². The van der Waals surface area contributed by atoms with Gasteiger partial charge in [0, 0.05) is 22.3 Å². The van der Waals surface area contributed by atoms with Gasteiger partial charge < -0.3 is 10.4 Å². The van der Waals surface area contributed by atoms with Gasteiger partial charge >= 0.3 is 5.97 Å². The number of aromatic nitrogens is 2. The second-order valence-corrected chi connectivity index (χ2v) is 10.1. The molecule has 3 atom stereocenters. The van der Waals surface area contributed by atoms with Crippen LogP contribution in [0.15, 0.2) is 65.8 Å². The Kier molecular flexibility index (Phi) is 7.77. The van der Waals surface area contributed by atoms with E-state index in [0.29, 0.717) is 22.2 Å². The Morgan fingerprint density at radius 2 is 1.97 bits per heavy atom. The molecule has 0 spiro atoms. The van der Waals surface area contributed by atoms with E-state index in [1.54, 1.807) is 22.9 Å². The molecule has 0 amide bonds. The first-order valence-corrected chi connectivity index (χ1v) is 12.9. The second-order valence-electron chi connectivity index (χ2n) is 7.85. The highest BCUT2D eigenvalue weighted by Gasteiger charge is 2.41. The van der Waals surface area contributed by atoms with Crippen LogP contribution in [0.2, 0.25) is 5.02 Å². The number of aliphatic carboxylic acids is 1. The van der Waals surface area contributed by atoms with Crippen molar-refractivity contribution < 1.29 is 14.1 Å². The van der Waals surface area contributed by atoms with E-state index in [4.69, 9.17) is 16.7 Å². The van der Waals surface area contributed by atoms with E-state index >= 15 is 0 Å². The van der Waals surface area contributed by atoms with E-state index in [1.165, 1.54) is 4.31 Å². The van der Waals surface area contributed by atoms with Crippen LogP contribution in [0, 0.1) is 0 Å². The zero-order valence-electron chi connectivity index (χ0n) is 18.5. The van der Waals surface area contributed by atoms with Crippen LogP contribution >= 0.6 is 24.2 Å². The van der Waals surface area contributed by atoms with Crippen molar-refractivity contribution in [2.75, 3.05) is 0 Å². The summed E-state index contributed by atoms with van der Waals surface area (Å²) in [6.07, 6.45) is 5.56. The van der Waals surface area contributed by atoms with Gasteiger partial charge in [0.05, 0.1) is 5.69 Å². The second kappa shape index (κ2) is 10.8. The van der Waals surface area contributed by atoms with Crippen LogP contribution in [-0.4, -0.2) is 40.9 Å². The van der Waals surface area contributed by atoms with Crippen molar-refractivity contribution in [2.45, 2.75) is 37.7 Å². The van der Waals surface area contributed by atoms with Crippen LogP contribution in [0.25, 0.3) is 23.0 Å². The number of hydrogen-bond acceptors (Lipinski definition) is 5. The average molecular weight is 517 g/mol. The molecule has 1 fully saturated rings. The minimum atomic E-state index is -1.72. The van der Waals surface area contributed by atoms with Crippen molar-refractivity contribution in [3.8, 4) is 16.9 Å². The molecule has 2 heterocycles. The Labute approximate surface area is 211 Å². The third-order valence-corrected chi connectivity index (χ3v) is 7.73. The van der Waals surface area contributed by atoms with E-state index in [1.807, 2.05) is 55.6 Å². The van der Waals surface area contributed by atoms with Crippen LogP contribution in [0.3, 0.4) is 0 Å². The lowest BCUT2D eigenvalue weighted by atomic mass is 10.1. The van der Waals surface area contributed by atoms with Crippen LogP contribution in [-0.2, 0) is 15.8 Å². The fourth-order valence-corrected chi connectivity index (χ4v) is 5.86. The molecule has 3 unspecified atom stereocenters. The maximum absolute atomic E-state index is 13.3. The summed E-state index contributed by atoms with van der Waals surface area (Å²) in [6, 6.07) is 16.1. The van der Waals surface area contributed by atoms with Gasteiger partial charge in [0.15, 0.2) is 0 Å². The summed E-state index contributed by atoms with van der Waals surface area (Å²) in [5, 5.41) is 18.6. The lowest BCUT2D eigenvalue weighted by molar-refractivity contribution is -0.141. The first-order valence-electron chi connectivity index (χ1n) is 10.9. The van der Waals surface area contributed by atoms with Crippen molar-refractivity contribution in [2.24, 2.45) is 0 Å². The molecular weight excluding hydrogens is 492 g/mol. The van der Waals surface area contributed by atoms with Gasteiger partial charge in [-0.2, -0.15) is 9.40 Å². The van der Waals surface area contributed by atoms with E-state index in [2.05, 4.69) is 17.9 Å². The van der Waals surface area contributed by atoms with E-state index < -0.39 is 28.5 Å². The number of carboxylic acids is 1. The molecule has 2 N–H and O–H groups in total. The number of unbranched alkanes of at least 4 members (excludes halogenated alkanes) is 1. The topological polar surface area (TPSA) is 87.5 Å². The number of carboxylic acid groups (broad SMARTS) is 1. The highest BCUT2D eigenvalue weighted by Crippen LogP contribution is 2.31. The number of hydrogen-bond donors (Lipinski definition) is 3. The monoisotopic (exact) mass is 516 g/mol. The summed E-state index contributed by atoms with van der Waals surface area (Å²) >= 11 is 10.6. The largest absolute Gasteiger partial charge is 0.480 e. The Bertz CT molecular complexity index is 1210. The molecule has 1 aromatic heterocycles. The van der Waals surface area contributed by atoms with Gasteiger partial charge in [-0.25, -0.2) is 8.89 Å². The quantitative estimate of drug-likeness (QED) is 0.370. The highest BCUT2D eigenvalue weighted by atomic mass is 35.5. The molecule has 0 radical (unpaired) electrons. The number of nitrogens with zero attached hydrogens (tertiary/aromatic N) is 3. The standard InChI is InChI=1S/C24H25ClN4O3S2/c1-2-3-9-20(23(30)31)29-24(33)26-21(34(29)32)14-17-15-28(19-7-5-4-6-8-19)27-22(17)16-10-12-18(25)13-11-16/h4-8,10-15,20,24,26,33H,2-3,9H2,1H3,(H,30,31)/b21-14-. The lowest BCUT2D eigenvalue weighted by Gasteiger charge is -2.24. The smallest absolute Gasteiger partial charge is 0.322 e. The fourth-order valence-electron chi connectivity index (χ4n) is 3.76. The molecule has 7 nitrogen and oxygen atoms in total. The van der Waals surface area contributed by atoms with Crippen molar-refractivity contribution in [1.29, 1.82) is 0 Å². The minimum absolute atomic E-state index is 0.380. The average Bonchev–Trinajstić information content (AvgIpc) is 3.36. The number of carbonyl (C=O) groups is 1. The van der Waals surface area contributed by atoms with Crippen LogP contribution in [0.4, 0.5) is 0 Å². The molecule has 1 aliphatic heterocycles. The first kappa shape index (κ1) is 24.5. The summed E-state index contributed by atoms with van der Waals surface area (Å²) in [5.74, 6) is -1.01. The SMILES string of the molecule is CCCCC(C(=O)O)N1C(S)N/C(=C/c2cn(-c3ccccc3)nc2-c2ccc(Cl)cc2)S1=O. The van der Waals surface area contributed by atoms with Crippen molar-refractivity contribution in [3.05, 3.63) is 76.4 Å². The summed E-state index contributed by atoms with van der Waals surface area (Å²) in [4.78, 5) is 11.9. The predicted octanol–water partition coefficient (Wildman–Crippen LogP) is 4.92. The molecule has 178 valence electrons. The summed E-state index contributed by atoms with van der Waals surface area (Å²) in [6.45, 7) is 1.99. The van der Waals surface area contributed by atoms with Gasteiger partial charge in [0.25, 0.3) is 0 Å². The normalized spacial score (nSPS) is 20.4. The summed E-state index contributed by atoms with van der Waals surface area (Å²) in [7, 11) is -1.72. The minimum Gasteiger partial charge on any atom is -0.480 e. The molecule has 2 aromatic carbocycles. The number of thiol groups is 1. The Morgan fingerprint density at radius 1 is 1.26 bits per heavy atom. The van der Waals surface area contributed by atoms with Gasteiger partial charge in [-0.3, -0.25) is 4.79 Å². The van der Waals surface area contributed by atoms with Crippen LogP contribution < -0.4 is 5.32 Å². The molecule has 3 aromatic rings. The molecule has 0 saturated carbocycles. The van der Waals surface area contributed by atoms with Crippen molar-refractivity contribution in [3.63, 3.8) is 0 Å². The van der Waals surface area contributed by atoms with Gasteiger partial charge in [0.1, 0.15) is 33.2 Å². The van der Waals surface area contributed by atoms with Gasteiger partial charge in [-0.1, -0.05) is 61.7 Å². The molecule has 1 saturated heterocycles. The Hall–Kier alpha value is -2.59. The molecule has 10 heteroatoms. The number of para-hydroxylation sites is 1. The highest BCUT2D eigenvalue weighted by molar-refractivity contribution is 7.89. The molecule has 1 aliphatic rings. The van der Waals surface area contributed by atoms with Crippen LogP contribution in [0.1, 0.15) is 31.7 Å². The van der Waals surface area contributed by atoms with Gasteiger partial charge in [-0.15, -0.1) is 12.6 Å². The molecule has 0 bridgehead atoms. The maximum atomic E-state index is 13.3. The molecule has 0 aliphatic carbocycles. The van der Waals surface area contributed by atoms with Gasteiger partial charge in [-0.05, 0) is 36.8 Å². The molecule has 4 rings (SSSR count). The Morgan fingerprint density at radius 3 is 2.62 bits per heavy atom.